The van der Waals surface area contributed by atoms with Crippen molar-refractivity contribution in [2.75, 3.05) is 0 Å². The summed E-state index contributed by atoms with van der Waals surface area (Å²) in [6.07, 6.45) is 9.31. The van der Waals surface area contributed by atoms with E-state index in [1.165, 1.54) is 12.2 Å². The van der Waals surface area contributed by atoms with Crippen LogP contribution in [0.15, 0.2) is 66.4 Å². The largest absolute Gasteiger partial charge is 0.386 e. The van der Waals surface area contributed by atoms with Crippen molar-refractivity contribution in [2.24, 2.45) is 29.1 Å². The SMILES string of the molecule is C/C1=C\C(C)C/C=C/C2C3OC3(C)C(C)C3C(Cc4c[nH]c5ccccc45)NC(=O)C23C(=O)/C=C/C(O)C1O. The average Bonchev–Trinajstić information content (AvgIpc) is 3.31. The van der Waals surface area contributed by atoms with Crippen molar-refractivity contribution in [1.82, 2.24) is 10.3 Å². The predicted molar refractivity (Wildman–Crippen MR) is 149 cm³/mol. The fourth-order valence-electron chi connectivity index (χ4n) is 7.76. The number of epoxide rings is 1. The number of aromatic nitrogens is 1. The van der Waals surface area contributed by atoms with Crippen LogP contribution in [-0.4, -0.2) is 56.8 Å². The third-order valence-corrected chi connectivity index (χ3v) is 9.99. The van der Waals surface area contributed by atoms with Crippen LogP contribution in [0, 0.1) is 29.1 Å². The van der Waals surface area contributed by atoms with Gasteiger partial charge in [0.05, 0.1) is 11.7 Å². The van der Waals surface area contributed by atoms with Crippen LogP contribution in [0.1, 0.15) is 39.7 Å². The lowest BCUT2D eigenvalue weighted by Crippen LogP contribution is -2.58. The number of para-hydroxylation sites is 1. The van der Waals surface area contributed by atoms with Crippen molar-refractivity contribution < 1.29 is 24.5 Å². The molecule has 1 amide bonds. The molecule has 4 aliphatic rings. The van der Waals surface area contributed by atoms with Gasteiger partial charge in [0.1, 0.15) is 17.6 Å². The highest BCUT2D eigenvalue weighted by Crippen LogP contribution is 2.66. The molecule has 1 aromatic heterocycles. The van der Waals surface area contributed by atoms with Crippen LogP contribution in [-0.2, 0) is 20.7 Å². The number of aromatic amines is 1. The molecule has 1 aromatic carbocycles. The minimum atomic E-state index is -1.37. The maximum absolute atomic E-state index is 14.3. The molecular weight excluding hydrogens is 492 g/mol. The van der Waals surface area contributed by atoms with Crippen molar-refractivity contribution in [3.05, 3.63) is 72.0 Å². The number of aliphatic hydroxyl groups excluding tert-OH is 2. The molecule has 2 saturated heterocycles. The van der Waals surface area contributed by atoms with Gasteiger partial charge in [-0.25, -0.2) is 0 Å². The zero-order chi connectivity index (χ0) is 27.7. The zero-order valence-corrected chi connectivity index (χ0v) is 22.9. The molecule has 2 aliphatic heterocycles. The standard InChI is InChI=1S/C32H38N2O5/c1-17-8-7-10-22-29-31(4,39-29)19(3)27-24(15-20-16-33-23-11-6-5-9-21(20)23)34-30(38)32(22,27)26(36)13-12-25(35)28(37)18(2)14-17/h5-7,9-14,16-17,19,22,24-25,27-29,33,35,37H,8,15H2,1-4H3,(H,34,38)/b10-7+,13-12+,18-14+. The van der Waals surface area contributed by atoms with E-state index in [-0.39, 0.29) is 41.6 Å². The number of nitrogens with one attached hydrogen (secondary N) is 2. The molecule has 1 spiro atoms. The van der Waals surface area contributed by atoms with Gasteiger partial charge in [0.15, 0.2) is 5.78 Å². The van der Waals surface area contributed by atoms with Crippen molar-refractivity contribution in [1.29, 1.82) is 0 Å². The van der Waals surface area contributed by atoms with E-state index in [0.717, 1.165) is 16.5 Å². The Morgan fingerprint density at radius 2 is 1.90 bits per heavy atom. The molecular formula is C32H38N2O5. The first-order valence-corrected chi connectivity index (χ1v) is 14.1. The number of H-pyrrole nitrogens is 1. The highest BCUT2D eigenvalue weighted by molar-refractivity contribution is 6.13. The van der Waals surface area contributed by atoms with Crippen LogP contribution >= 0.6 is 0 Å². The molecule has 0 radical (unpaired) electrons. The summed E-state index contributed by atoms with van der Waals surface area (Å²) in [5.41, 5.74) is 0.987. The topological polar surface area (TPSA) is 115 Å². The van der Waals surface area contributed by atoms with E-state index in [0.29, 0.717) is 18.4 Å². The first-order chi connectivity index (χ1) is 18.6. The van der Waals surface area contributed by atoms with Gasteiger partial charge in [0.25, 0.3) is 0 Å². The van der Waals surface area contributed by atoms with Gasteiger partial charge in [-0.3, -0.25) is 9.59 Å². The van der Waals surface area contributed by atoms with E-state index >= 15 is 0 Å². The highest BCUT2D eigenvalue weighted by Gasteiger charge is 2.78. The van der Waals surface area contributed by atoms with Crippen molar-refractivity contribution in [2.45, 2.75) is 70.5 Å². The second-order valence-electron chi connectivity index (χ2n) is 12.3. The minimum Gasteiger partial charge on any atom is -0.386 e. The Hall–Kier alpha value is -3.00. The number of fused-ring (bicyclic) bond motifs is 3. The molecule has 39 heavy (non-hydrogen) atoms. The van der Waals surface area contributed by atoms with Crippen LogP contribution in [0.25, 0.3) is 10.9 Å². The summed E-state index contributed by atoms with van der Waals surface area (Å²) in [6.45, 7) is 8.03. The molecule has 6 rings (SSSR count). The maximum Gasteiger partial charge on any atom is 0.235 e. The van der Waals surface area contributed by atoms with Gasteiger partial charge in [0, 0.05) is 35.0 Å². The fraction of sp³-hybridized carbons (Fsp3) is 0.500. The second-order valence-corrected chi connectivity index (χ2v) is 12.3. The quantitative estimate of drug-likeness (QED) is 0.269. The molecule has 10 atom stereocenters. The van der Waals surface area contributed by atoms with Gasteiger partial charge in [-0.2, -0.15) is 0 Å². The van der Waals surface area contributed by atoms with Crippen molar-refractivity contribution in [3.63, 3.8) is 0 Å². The smallest absolute Gasteiger partial charge is 0.235 e. The summed E-state index contributed by atoms with van der Waals surface area (Å²) >= 11 is 0. The van der Waals surface area contributed by atoms with Crippen LogP contribution in [0.3, 0.4) is 0 Å². The Kier molecular flexibility index (Phi) is 6.25. The molecule has 0 bridgehead atoms. The van der Waals surface area contributed by atoms with Gasteiger partial charge in [-0.05, 0) is 67.9 Å². The number of ether oxygens (including phenoxy) is 1. The summed E-state index contributed by atoms with van der Waals surface area (Å²) < 4.78 is 6.34. The summed E-state index contributed by atoms with van der Waals surface area (Å²) in [4.78, 5) is 31.8. The third-order valence-electron chi connectivity index (χ3n) is 9.99. The Balaban J connectivity index is 1.46. The van der Waals surface area contributed by atoms with E-state index in [4.69, 9.17) is 4.74 Å². The number of allylic oxidation sites excluding steroid dienone is 3. The molecule has 2 aromatic rings. The van der Waals surface area contributed by atoms with Crippen molar-refractivity contribution >= 4 is 22.6 Å². The number of carbonyl (C=O) groups excluding carboxylic acids is 2. The summed E-state index contributed by atoms with van der Waals surface area (Å²) in [5.74, 6) is -1.33. The molecule has 2 aliphatic carbocycles. The van der Waals surface area contributed by atoms with Crippen LogP contribution in [0.5, 0.6) is 0 Å². The highest BCUT2D eigenvalue weighted by atomic mass is 16.6. The van der Waals surface area contributed by atoms with E-state index in [1.54, 1.807) is 6.92 Å². The third kappa shape index (κ3) is 3.89. The number of ketones is 1. The average molecular weight is 531 g/mol. The van der Waals surface area contributed by atoms with E-state index in [2.05, 4.69) is 30.2 Å². The summed E-state index contributed by atoms with van der Waals surface area (Å²) in [6, 6.07) is 7.82. The summed E-state index contributed by atoms with van der Waals surface area (Å²) in [5, 5.41) is 25.7. The van der Waals surface area contributed by atoms with Crippen LogP contribution < -0.4 is 5.32 Å². The molecule has 10 unspecified atom stereocenters. The van der Waals surface area contributed by atoms with Gasteiger partial charge < -0.3 is 25.3 Å². The molecule has 1 saturated carbocycles. The van der Waals surface area contributed by atoms with E-state index < -0.39 is 29.1 Å². The number of carbonyl (C=O) groups is 2. The van der Waals surface area contributed by atoms with Gasteiger partial charge in [0.2, 0.25) is 5.91 Å². The van der Waals surface area contributed by atoms with E-state index in [1.807, 2.05) is 49.5 Å². The monoisotopic (exact) mass is 530 g/mol. The maximum atomic E-state index is 14.3. The number of hydrogen-bond donors (Lipinski definition) is 4. The normalized spacial score (nSPS) is 44.9. The van der Waals surface area contributed by atoms with Crippen LogP contribution in [0.4, 0.5) is 0 Å². The molecule has 206 valence electrons. The van der Waals surface area contributed by atoms with Gasteiger partial charge >= 0.3 is 0 Å². The Morgan fingerprint density at radius 3 is 2.69 bits per heavy atom. The molecule has 7 nitrogen and oxygen atoms in total. The Bertz CT molecular complexity index is 1410. The molecule has 3 fully saturated rings. The first kappa shape index (κ1) is 26.2. The number of amides is 1. The molecule has 4 N–H and O–H groups in total. The van der Waals surface area contributed by atoms with Crippen molar-refractivity contribution in [3.8, 4) is 0 Å². The fourth-order valence-corrected chi connectivity index (χ4v) is 7.76. The molecule has 3 heterocycles. The number of rotatable bonds is 2. The lowest BCUT2D eigenvalue weighted by Gasteiger charge is -2.45. The van der Waals surface area contributed by atoms with E-state index in [9.17, 15) is 19.8 Å². The van der Waals surface area contributed by atoms with Gasteiger partial charge in [-0.15, -0.1) is 0 Å². The number of aliphatic hydroxyl groups is 2. The first-order valence-electron chi connectivity index (χ1n) is 14.1. The summed E-state index contributed by atoms with van der Waals surface area (Å²) in [7, 11) is 0. The number of hydrogen-bond acceptors (Lipinski definition) is 5. The lowest BCUT2D eigenvalue weighted by atomic mass is 9.51. The Labute approximate surface area is 229 Å². The second kappa shape index (κ2) is 9.29. The Morgan fingerprint density at radius 1 is 1.13 bits per heavy atom. The predicted octanol–water partition coefficient (Wildman–Crippen LogP) is 3.62. The van der Waals surface area contributed by atoms with Crippen LogP contribution in [0.2, 0.25) is 0 Å². The number of benzene rings is 1. The molecule has 7 heteroatoms. The van der Waals surface area contributed by atoms with Gasteiger partial charge in [-0.1, -0.05) is 50.3 Å². The minimum absolute atomic E-state index is 0.0623. The lowest BCUT2D eigenvalue weighted by molar-refractivity contribution is -0.145. The zero-order valence-electron chi connectivity index (χ0n) is 22.9.